The van der Waals surface area contributed by atoms with Crippen molar-refractivity contribution in [2.45, 2.75) is 46.7 Å². The first-order valence-corrected chi connectivity index (χ1v) is 10.4. The van der Waals surface area contributed by atoms with E-state index in [1.165, 1.54) is 14.0 Å². The standard InChI is InChI=1S/C24H26N4O3/c1-14(2)17-7-6-8-18(11-17)28-10-9-15(3)21(24(28)31)23(30)27-12-19-20(13-27)25-16(4)26(5)22(19)29/h6-11,14H,12-13H2,1-5H3. The van der Waals surface area contributed by atoms with Crippen LogP contribution in [-0.4, -0.2) is 24.9 Å². The zero-order valence-corrected chi connectivity index (χ0v) is 18.5. The van der Waals surface area contributed by atoms with E-state index >= 15 is 0 Å². The molecule has 3 heterocycles. The molecule has 1 aliphatic heterocycles. The molecule has 4 rings (SSSR count). The average Bonchev–Trinajstić information content (AvgIpc) is 3.16. The predicted octanol–water partition coefficient (Wildman–Crippen LogP) is 2.83. The van der Waals surface area contributed by atoms with E-state index in [4.69, 9.17) is 0 Å². The fourth-order valence-corrected chi connectivity index (χ4v) is 3.95. The molecule has 0 fully saturated rings. The van der Waals surface area contributed by atoms with E-state index in [0.29, 0.717) is 28.6 Å². The zero-order valence-electron chi connectivity index (χ0n) is 18.5. The van der Waals surface area contributed by atoms with Gasteiger partial charge in [-0.1, -0.05) is 26.0 Å². The van der Waals surface area contributed by atoms with E-state index in [2.05, 4.69) is 18.8 Å². The van der Waals surface area contributed by atoms with E-state index in [9.17, 15) is 14.4 Å². The Morgan fingerprint density at radius 3 is 2.52 bits per heavy atom. The number of fused-ring (bicyclic) bond motifs is 1. The van der Waals surface area contributed by atoms with Crippen molar-refractivity contribution in [1.82, 2.24) is 19.0 Å². The van der Waals surface area contributed by atoms with Crippen LogP contribution in [-0.2, 0) is 20.1 Å². The molecule has 0 radical (unpaired) electrons. The minimum absolute atomic E-state index is 0.124. The molecule has 0 bridgehead atoms. The molecule has 0 saturated heterocycles. The van der Waals surface area contributed by atoms with Gasteiger partial charge in [-0.3, -0.25) is 23.5 Å². The number of amides is 1. The minimum Gasteiger partial charge on any atom is -0.328 e. The van der Waals surface area contributed by atoms with Gasteiger partial charge in [-0.05, 0) is 49.1 Å². The Morgan fingerprint density at radius 2 is 1.81 bits per heavy atom. The number of pyridine rings is 1. The number of carbonyl (C=O) groups excluding carboxylic acids is 1. The topological polar surface area (TPSA) is 77.2 Å². The van der Waals surface area contributed by atoms with Crippen molar-refractivity contribution in [3.05, 3.63) is 91.0 Å². The smallest absolute Gasteiger partial charge is 0.268 e. The van der Waals surface area contributed by atoms with Gasteiger partial charge in [-0.2, -0.15) is 0 Å². The highest BCUT2D eigenvalue weighted by Gasteiger charge is 2.31. The van der Waals surface area contributed by atoms with Gasteiger partial charge < -0.3 is 4.90 Å². The lowest BCUT2D eigenvalue weighted by Crippen LogP contribution is -2.34. The van der Waals surface area contributed by atoms with Gasteiger partial charge in [0.1, 0.15) is 11.4 Å². The maximum atomic E-state index is 13.4. The third kappa shape index (κ3) is 3.50. The SMILES string of the molecule is Cc1ccn(-c2cccc(C(C)C)c2)c(=O)c1C(=O)N1Cc2nc(C)n(C)c(=O)c2C1. The molecule has 1 aromatic carbocycles. The number of aryl methyl sites for hydroxylation is 2. The summed E-state index contributed by atoms with van der Waals surface area (Å²) in [5.41, 5.74) is 3.18. The lowest BCUT2D eigenvalue weighted by atomic mass is 10.0. The van der Waals surface area contributed by atoms with Crippen LogP contribution in [0.4, 0.5) is 0 Å². The Labute approximate surface area is 180 Å². The molecule has 0 atom stereocenters. The van der Waals surface area contributed by atoms with Crippen molar-refractivity contribution in [3.63, 3.8) is 0 Å². The summed E-state index contributed by atoms with van der Waals surface area (Å²) in [6.45, 7) is 8.09. The monoisotopic (exact) mass is 418 g/mol. The number of aromatic nitrogens is 3. The van der Waals surface area contributed by atoms with E-state index in [1.807, 2.05) is 24.3 Å². The molecule has 1 aliphatic rings. The van der Waals surface area contributed by atoms with Crippen LogP contribution >= 0.6 is 0 Å². The third-order valence-corrected chi connectivity index (χ3v) is 6.00. The second kappa shape index (κ2) is 7.65. The third-order valence-electron chi connectivity index (χ3n) is 6.00. The first-order valence-electron chi connectivity index (χ1n) is 10.4. The van der Waals surface area contributed by atoms with Crippen molar-refractivity contribution in [1.29, 1.82) is 0 Å². The number of hydrogen-bond acceptors (Lipinski definition) is 4. The lowest BCUT2D eigenvalue weighted by Gasteiger charge is -2.17. The van der Waals surface area contributed by atoms with Gasteiger partial charge in [0.2, 0.25) is 0 Å². The van der Waals surface area contributed by atoms with Crippen LogP contribution in [0.2, 0.25) is 0 Å². The van der Waals surface area contributed by atoms with Gasteiger partial charge in [0.25, 0.3) is 17.0 Å². The summed E-state index contributed by atoms with van der Waals surface area (Å²) in [6, 6.07) is 9.55. The Bertz CT molecular complexity index is 1320. The van der Waals surface area contributed by atoms with Crippen LogP contribution in [0.15, 0.2) is 46.1 Å². The number of nitrogens with zero attached hydrogens (tertiary/aromatic N) is 4. The highest BCUT2D eigenvalue weighted by atomic mass is 16.2. The molecular weight excluding hydrogens is 392 g/mol. The summed E-state index contributed by atoms with van der Waals surface area (Å²) in [6.07, 6.45) is 1.70. The number of benzene rings is 1. The van der Waals surface area contributed by atoms with E-state index in [-0.39, 0.29) is 35.7 Å². The molecule has 1 amide bonds. The molecule has 160 valence electrons. The Morgan fingerprint density at radius 1 is 1.06 bits per heavy atom. The van der Waals surface area contributed by atoms with Crippen LogP contribution in [0, 0.1) is 13.8 Å². The molecule has 0 N–H and O–H groups in total. The largest absolute Gasteiger partial charge is 0.328 e. The van der Waals surface area contributed by atoms with Crippen molar-refractivity contribution in [2.24, 2.45) is 7.05 Å². The van der Waals surface area contributed by atoms with E-state index < -0.39 is 0 Å². The maximum Gasteiger partial charge on any atom is 0.268 e. The van der Waals surface area contributed by atoms with E-state index in [1.54, 1.807) is 33.2 Å². The van der Waals surface area contributed by atoms with Crippen LogP contribution in [0.25, 0.3) is 5.69 Å². The molecule has 7 heteroatoms. The molecule has 2 aromatic heterocycles. The molecule has 31 heavy (non-hydrogen) atoms. The van der Waals surface area contributed by atoms with Crippen LogP contribution in [0.1, 0.15) is 58.3 Å². The zero-order chi connectivity index (χ0) is 22.4. The second-order valence-corrected chi connectivity index (χ2v) is 8.41. The summed E-state index contributed by atoms with van der Waals surface area (Å²) in [5.74, 6) is 0.541. The second-order valence-electron chi connectivity index (χ2n) is 8.41. The molecule has 3 aromatic rings. The minimum atomic E-state index is -0.380. The average molecular weight is 418 g/mol. The Kier molecular flexibility index (Phi) is 5.13. The van der Waals surface area contributed by atoms with Crippen LogP contribution in [0.3, 0.4) is 0 Å². The van der Waals surface area contributed by atoms with Crippen LogP contribution < -0.4 is 11.1 Å². The van der Waals surface area contributed by atoms with Gasteiger partial charge in [-0.15, -0.1) is 0 Å². The molecule has 0 aliphatic carbocycles. The Balaban J connectivity index is 1.74. The van der Waals surface area contributed by atoms with E-state index in [0.717, 1.165) is 11.3 Å². The molecule has 0 spiro atoms. The highest BCUT2D eigenvalue weighted by molar-refractivity contribution is 5.95. The summed E-state index contributed by atoms with van der Waals surface area (Å²) < 4.78 is 2.99. The summed E-state index contributed by atoms with van der Waals surface area (Å²) in [7, 11) is 1.67. The summed E-state index contributed by atoms with van der Waals surface area (Å²) >= 11 is 0. The molecular formula is C24H26N4O3. The van der Waals surface area contributed by atoms with Gasteiger partial charge in [-0.25, -0.2) is 4.98 Å². The maximum absolute atomic E-state index is 13.4. The van der Waals surface area contributed by atoms with Crippen LogP contribution in [0.5, 0.6) is 0 Å². The van der Waals surface area contributed by atoms with Gasteiger partial charge >= 0.3 is 0 Å². The first-order chi connectivity index (χ1) is 14.7. The quantitative estimate of drug-likeness (QED) is 0.655. The molecule has 7 nitrogen and oxygen atoms in total. The number of hydrogen-bond donors (Lipinski definition) is 0. The highest BCUT2D eigenvalue weighted by Crippen LogP contribution is 2.22. The molecule has 0 saturated carbocycles. The fourth-order valence-electron chi connectivity index (χ4n) is 3.95. The van der Waals surface area contributed by atoms with Crippen molar-refractivity contribution in [3.8, 4) is 5.69 Å². The summed E-state index contributed by atoms with van der Waals surface area (Å²) in [4.78, 5) is 45.3. The first kappa shape index (κ1) is 20.8. The normalized spacial score (nSPS) is 13.0. The summed E-state index contributed by atoms with van der Waals surface area (Å²) in [5, 5.41) is 0. The lowest BCUT2D eigenvalue weighted by molar-refractivity contribution is 0.0747. The predicted molar refractivity (Wildman–Crippen MR) is 119 cm³/mol. The fraction of sp³-hybridized carbons (Fsp3) is 0.333. The van der Waals surface area contributed by atoms with Gasteiger partial charge in [0.15, 0.2) is 0 Å². The van der Waals surface area contributed by atoms with Gasteiger partial charge in [0, 0.05) is 18.9 Å². The van der Waals surface area contributed by atoms with Gasteiger partial charge in [0.05, 0.1) is 24.3 Å². The van der Waals surface area contributed by atoms with Crippen molar-refractivity contribution >= 4 is 5.91 Å². The number of rotatable bonds is 3. The molecule has 0 unspecified atom stereocenters. The Hall–Kier alpha value is -3.48. The van der Waals surface area contributed by atoms with Crippen molar-refractivity contribution in [2.75, 3.05) is 0 Å². The van der Waals surface area contributed by atoms with Crippen molar-refractivity contribution < 1.29 is 4.79 Å². The number of carbonyl (C=O) groups is 1.